The van der Waals surface area contributed by atoms with Crippen LogP contribution in [0.1, 0.15) is 26.3 Å². The molecule has 2 aromatic rings. The summed E-state index contributed by atoms with van der Waals surface area (Å²) in [5.41, 5.74) is 1.36. The third-order valence-corrected chi connectivity index (χ3v) is 3.26. The van der Waals surface area contributed by atoms with Gasteiger partial charge in [0.25, 0.3) is 0 Å². The Labute approximate surface area is 131 Å². The first-order valence-corrected chi connectivity index (χ1v) is 7.34. The van der Waals surface area contributed by atoms with Crippen molar-refractivity contribution in [2.75, 3.05) is 0 Å². The first kappa shape index (κ1) is 15.8. The van der Waals surface area contributed by atoms with E-state index in [2.05, 4.69) is 15.9 Å². The van der Waals surface area contributed by atoms with Gasteiger partial charge < -0.3 is 4.74 Å². The predicted molar refractivity (Wildman–Crippen MR) is 83.9 cm³/mol. The highest BCUT2D eigenvalue weighted by Gasteiger charge is 2.21. The van der Waals surface area contributed by atoms with Crippen LogP contribution in [0.4, 0.5) is 9.18 Å². The lowest BCUT2D eigenvalue weighted by Crippen LogP contribution is -2.27. The number of rotatable bonds is 1. The van der Waals surface area contributed by atoms with Gasteiger partial charge in [-0.05, 0) is 79.0 Å². The first-order valence-electron chi connectivity index (χ1n) is 6.55. The normalized spacial score (nSPS) is 11.5. The van der Waals surface area contributed by atoms with E-state index in [-0.39, 0.29) is 5.82 Å². The molecule has 0 unspecified atom stereocenters. The molecule has 0 N–H and O–H groups in total. The monoisotopic (exact) mass is 353 g/mol. The number of ether oxygens (including phenoxy) is 1. The molecule has 0 atom stereocenters. The second-order valence-electron chi connectivity index (χ2n) is 5.86. The first-order chi connectivity index (χ1) is 9.67. The molecule has 1 heterocycles. The fourth-order valence-corrected chi connectivity index (χ4v) is 2.34. The number of aromatic nitrogens is 1. The Bertz CT molecular complexity index is 686. The molecule has 0 spiro atoms. The average Bonchev–Trinajstić information content (AvgIpc) is 2.73. The zero-order chi connectivity index (χ0) is 15.8. The minimum atomic E-state index is -0.580. The van der Waals surface area contributed by atoms with Crippen LogP contribution in [0.15, 0.2) is 34.9 Å². The van der Waals surface area contributed by atoms with Crippen LogP contribution in [0.3, 0.4) is 0 Å². The van der Waals surface area contributed by atoms with Gasteiger partial charge in [-0.2, -0.15) is 0 Å². The second kappa shape index (κ2) is 5.64. The van der Waals surface area contributed by atoms with Crippen LogP contribution in [0, 0.1) is 12.7 Å². The molecule has 0 aliphatic heterocycles. The van der Waals surface area contributed by atoms with Gasteiger partial charge in [0.05, 0.1) is 5.69 Å². The van der Waals surface area contributed by atoms with Crippen molar-refractivity contribution in [1.82, 2.24) is 4.57 Å². The highest BCUT2D eigenvalue weighted by molar-refractivity contribution is 9.10. The van der Waals surface area contributed by atoms with Crippen LogP contribution in [0.5, 0.6) is 0 Å². The summed E-state index contributed by atoms with van der Waals surface area (Å²) in [6.45, 7) is 7.12. The molecule has 0 radical (unpaired) electrons. The largest absolute Gasteiger partial charge is 0.443 e. The SMILES string of the molecule is Cc1cc(-c2cc(Br)cn2C(=O)OC(C)(C)C)ccc1F. The van der Waals surface area contributed by atoms with Gasteiger partial charge in [0.2, 0.25) is 0 Å². The molecule has 5 heteroatoms. The van der Waals surface area contributed by atoms with Crippen LogP contribution in [-0.2, 0) is 4.74 Å². The Hall–Kier alpha value is -1.62. The molecule has 21 heavy (non-hydrogen) atoms. The highest BCUT2D eigenvalue weighted by atomic mass is 79.9. The van der Waals surface area contributed by atoms with Crippen molar-refractivity contribution in [2.45, 2.75) is 33.3 Å². The lowest BCUT2D eigenvalue weighted by atomic mass is 10.1. The predicted octanol–water partition coefficient (Wildman–Crippen LogP) is 5.15. The molecule has 1 aromatic heterocycles. The minimum absolute atomic E-state index is 0.270. The number of benzene rings is 1. The Morgan fingerprint density at radius 3 is 2.52 bits per heavy atom. The molecular formula is C16H17BrFNO2. The van der Waals surface area contributed by atoms with Crippen LogP contribution in [0.2, 0.25) is 0 Å². The number of hydrogen-bond acceptors (Lipinski definition) is 2. The molecule has 0 saturated heterocycles. The van der Waals surface area contributed by atoms with E-state index in [1.165, 1.54) is 10.6 Å². The van der Waals surface area contributed by atoms with Gasteiger partial charge in [-0.3, -0.25) is 4.57 Å². The summed E-state index contributed by atoms with van der Waals surface area (Å²) in [4.78, 5) is 12.3. The van der Waals surface area contributed by atoms with Gasteiger partial charge in [-0.1, -0.05) is 0 Å². The fourth-order valence-electron chi connectivity index (χ4n) is 1.92. The van der Waals surface area contributed by atoms with E-state index >= 15 is 0 Å². The number of halogens is 2. The molecule has 1 aromatic carbocycles. The topological polar surface area (TPSA) is 31.2 Å². The maximum Gasteiger partial charge on any atom is 0.419 e. The standard InChI is InChI=1S/C16H17BrFNO2/c1-10-7-11(5-6-13(10)18)14-8-12(17)9-19(14)15(20)21-16(2,3)4/h5-9H,1-4H3. The summed E-state index contributed by atoms with van der Waals surface area (Å²) in [6, 6.07) is 6.55. The van der Waals surface area contributed by atoms with Crippen LogP contribution in [-0.4, -0.2) is 16.3 Å². The summed E-state index contributed by atoms with van der Waals surface area (Å²) in [7, 11) is 0. The summed E-state index contributed by atoms with van der Waals surface area (Å²) < 4.78 is 20.9. The number of carbonyl (C=O) groups excluding carboxylic acids is 1. The summed E-state index contributed by atoms with van der Waals surface area (Å²) in [5.74, 6) is -0.270. The molecule has 0 aliphatic rings. The molecule has 0 aliphatic carbocycles. The van der Waals surface area contributed by atoms with Gasteiger partial charge >= 0.3 is 6.09 Å². The van der Waals surface area contributed by atoms with E-state index in [9.17, 15) is 9.18 Å². The van der Waals surface area contributed by atoms with E-state index in [1.54, 1.807) is 31.3 Å². The van der Waals surface area contributed by atoms with Crippen molar-refractivity contribution in [3.63, 3.8) is 0 Å². The van der Waals surface area contributed by atoms with E-state index in [0.29, 0.717) is 11.3 Å². The lowest BCUT2D eigenvalue weighted by molar-refractivity contribution is 0.0540. The van der Waals surface area contributed by atoms with Crippen molar-refractivity contribution < 1.29 is 13.9 Å². The quantitative estimate of drug-likeness (QED) is 0.709. The van der Waals surface area contributed by atoms with Gasteiger partial charge in [0, 0.05) is 10.7 Å². The fraction of sp³-hybridized carbons (Fsp3) is 0.312. The van der Waals surface area contributed by atoms with E-state index in [1.807, 2.05) is 20.8 Å². The van der Waals surface area contributed by atoms with Gasteiger partial charge in [0.15, 0.2) is 0 Å². The zero-order valence-electron chi connectivity index (χ0n) is 12.4. The van der Waals surface area contributed by atoms with Crippen molar-refractivity contribution in [3.05, 3.63) is 46.3 Å². The summed E-state index contributed by atoms with van der Waals surface area (Å²) >= 11 is 3.36. The van der Waals surface area contributed by atoms with E-state index in [4.69, 9.17) is 4.74 Å². The summed E-state index contributed by atoms with van der Waals surface area (Å²) in [6.07, 6.45) is 1.17. The Morgan fingerprint density at radius 2 is 1.95 bits per heavy atom. The molecule has 3 nitrogen and oxygen atoms in total. The summed E-state index contributed by atoms with van der Waals surface area (Å²) in [5, 5.41) is 0. The Kier molecular flexibility index (Phi) is 4.23. The van der Waals surface area contributed by atoms with Crippen molar-refractivity contribution in [1.29, 1.82) is 0 Å². The molecule has 2 rings (SSSR count). The smallest absolute Gasteiger partial charge is 0.419 e. The third kappa shape index (κ3) is 3.73. The van der Waals surface area contributed by atoms with Crippen LogP contribution < -0.4 is 0 Å². The number of aryl methyl sites for hydroxylation is 1. The van der Waals surface area contributed by atoms with Crippen molar-refractivity contribution >= 4 is 22.0 Å². The molecule has 0 amide bonds. The van der Waals surface area contributed by atoms with Gasteiger partial charge in [0.1, 0.15) is 11.4 Å². The van der Waals surface area contributed by atoms with Crippen LogP contribution in [0.25, 0.3) is 11.3 Å². The minimum Gasteiger partial charge on any atom is -0.443 e. The van der Waals surface area contributed by atoms with Crippen molar-refractivity contribution in [2.24, 2.45) is 0 Å². The second-order valence-corrected chi connectivity index (χ2v) is 6.77. The van der Waals surface area contributed by atoms with Crippen LogP contribution >= 0.6 is 15.9 Å². The average molecular weight is 354 g/mol. The number of nitrogens with zero attached hydrogens (tertiary/aromatic N) is 1. The molecular weight excluding hydrogens is 337 g/mol. The highest BCUT2D eigenvalue weighted by Crippen LogP contribution is 2.27. The zero-order valence-corrected chi connectivity index (χ0v) is 14.0. The number of hydrogen-bond donors (Lipinski definition) is 0. The lowest BCUT2D eigenvalue weighted by Gasteiger charge is -2.20. The van der Waals surface area contributed by atoms with Gasteiger partial charge in [-0.15, -0.1) is 0 Å². The molecule has 0 fully saturated rings. The third-order valence-electron chi connectivity index (χ3n) is 2.83. The molecule has 0 saturated carbocycles. The Balaban J connectivity index is 2.45. The van der Waals surface area contributed by atoms with E-state index in [0.717, 1.165) is 10.0 Å². The van der Waals surface area contributed by atoms with Gasteiger partial charge in [-0.25, -0.2) is 9.18 Å². The Morgan fingerprint density at radius 1 is 1.29 bits per heavy atom. The van der Waals surface area contributed by atoms with E-state index < -0.39 is 11.7 Å². The maximum atomic E-state index is 13.4. The maximum absolute atomic E-state index is 13.4. The molecule has 0 bridgehead atoms. The van der Waals surface area contributed by atoms with Crippen molar-refractivity contribution in [3.8, 4) is 11.3 Å². The molecule has 112 valence electrons. The number of carbonyl (C=O) groups is 1.